The van der Waals surface area contributed by atoms with Gasteiger partial charge in [-0.3, -0.25) is 9.69 Å². The van der Waals surface area contributed by atoms with E-state index in [0.29, 0.717) is 12.0 Å². The fourth-order valence-corrected chi connectivity index (χ4v) is 5.42. The molecule has 6 nitrogen and oxygen atoms in total. The van der Waals surface area contributed by atoms with Crippen molar-refractivity contribution in [2.24, 2.45) is 11.8 Å². The van der Waals surface area contributed by atoms with Crippen LogP contribution in [0, 0.1) is 11.8 Å². The fourth-order valence-electron chi connectivity index (χ4n) is 5.42. The van der Waals surface area contributed by atoms with E-state index in [1.54, 1.807) is 0 Å². The molecular weight excluding hydrogens is 410 g/mol. The molecule has 0 spiro atoms. The average molecular weight is 446 g/mol. The number of benzene rings is 1. The van der Waals surface area contributed by atoms with Crippen molar-refractivity contribution in [2.45, 2.75) is 58.0 Å². The van der Waals surface area contributed by atoms with E-state index in [9.17, 15) is 4.79 Å². The number of nitrogens with zero attached hydrogens (tertiary/aromatic N) is 4. The third-order valence-corrected chi connectivity index (χ3v) is 7.46. The number of hydrogen-bond donors (Lipinski definition) is 1. The first-order valence-corrected chi connectivity index (χ1v) is 12.5. The highest BCUT2D eigenvalue weighted by Gasteiger charge is 2.29. The first-order valence-electron chi connectivity index (χ1n) is 12.5. The molecule has 5 rings (SSSR count). The standard InChI is InChI=1S/C27H35N5O/c1-21-9-5-6-12-25(21)29-26(33)22-13-17-30(18-14-22)20-23-19-28-32(24-10-3-2-4-11-24)27(23)31-15-7-8-16-31/h2-4,7-8,10-11,15-16,19,21-22,25H,5-6,9,12-14,17-18,20H2,1H3,(H,29,33)/t21-,25-/m0/s1. The van der Waals surface area contributed by atoms with Crippen LogP contribution in [0.1, 0.15) is 51.0 Å². The lowest BCUT2D eigenvalue weighted by molar-refractivity contribution is -0.127. The molecule has 1 aliphatic carbocycles. The van der Waals surface area contributed by atoms with Crippen LogP contribution in [-0.4, -0.2) is 44.3 Å². The predicted octanol–water partition coefficient (Wildman–Crippen LogP) is 4.57. The molecule has 1 N–H and O–H groups in total. The minimum atomic E-state index is 0.145. The summed E-state index contributed by atoms with van der Waals surface area (Å²) in [5.41, 5.74) is 2.26. The molecule has 3 aromatic rings. The second-order valence-electron chi connectivity index (χ2n) is 9.76. The van der Waals surface area contributed by atoms with E-state index in [-0.39, 0.29) is 11.8 Å². The number of aromatic nitrogens is 3. The Bertz CT molecular complexity index is 1030. The highest BCUT2D eigenvalue weighted by Crippen LogP contribution is 2.27. The third-order valence-electron chi connectivity index (χ3n) is 7.46. The quantitative estimate of drug-likeness (QED) is 0.605. The van der Waals surface area contributed by atoms with Crippen molar-refractivity contribution in [3.05, 3.63) is 66.6 Å². The molecular formula is C27H35N5O. The summed E-state index contributed by atoms with van der Waals surface area (Å²) in [6.45, 7) is 5.01. The van der Waals surface area contributed by atoms with Crippen molar-refractivity contribution in [3.8, 4) is 11.5 Å². The Labute approximate surface area is 196 Å². The van der Waals surface area contributed by atoms with Gasteiger partial charge >= 0.3 is 0 Å². The van der Waals surface area contributed by atoms with E-state index in [0.717, 1.165) is 50.4 Å². The van der Waals surface area contributed by atoms with Crippen LogP contribution in [0.15, 0.2) is 61.1 Å². The molecule has 174 valence electrons. The summed E-state index contributed by atoms with van der Waals surface area (Å²) in [4.78, 5) is 15.4. The van der Waals surface area contributed by atoms with Gasteiger partial charge in [0.2, 0.25) is 5.91 Å². The molecule has 1 saturated heterocycles. The number of carbonyl (C=O) groups excluding carboxylic acids is 1. The first-order chi connectivity index (χ1) is 16.2. The van der Waals surface area contributed by atoms with Crippen molar-refractivity contribution in [1.29, 1.82) is 0 Å². The molecule has 33 heavy (non-hydrogen) atoms. The Hall–Kier alpha value is -2.86. The normalized spacial score (nSPS) is 22.3. The summed E-state index contributed by atoms with van der Waals surface area (Å²) in [7, 11) is 0. The summed E-state index contributed by atoms with van der Waals surface area (Å²) in [5, 5.41) is 8.11. The van der Waals surface area contributed by atoms with Crippen LogP contribution in [0.5, 0.6) is 0 Å². The maximum Gasteiger partial charge on any atom is 0.223 e. The number of hydrogen-bond acceptors (Lipinski definition) is 3. The van der Waals surface area contributed by atoms with E-state index in [2.05, 4.69) is 46.2 Å². The fraction of sp³-hybridized carbons (Fsp3) is 0.481. The topological polar surface area (TPSA) is 55.1 Å². The van der Waals surface area contributed by atoms with Crippen LogP contribution < -0.4 is 5.32 Å². The van der Waals surface area contributed by atoms with Gasteiger partial charge in [0.1, 0.15) is 5.82 Å². The SMILES string of the molecule is C[C@H]1CCCC[C@@H]1NC(=O)C1CCN(Cc2cnn(-c3ccccc3)c2-n2cccc2)CC1. The van der Waals surface area contributed by atoms with Crippen molar-refractivity contribution in [3.63, 3.8) is 0 Å². The Morgan fingerprint density at radius 1 is 1.00 bits per heavy atom. The van der Waals surface area contributed by atoms with E-state index < -0.39 is 0 Å². The minimum Gasteiger partial charge on any atom is -0.353 e. The molecule has 2 aromatic heterocycles. The second-order valence-corrected chi connectivity index (χ2v) is 9.76. The van der Waals surface area contributed by atoms with Crippen molar-refractivity contribution in [1.82, 2.24) is 24.6 Å². The highest BCUT2D eigenvalue weighted by molar-refractivity contribution is 5.79. The van der Waals surface area contributed by atoms with Gasteiger partial charge in [0, 0.05) is 36.5 Å². The lowest BCUT2D eigenvalue weighted by Crippen LogP contribution is -2.46. The number of para-hydroxylation sites is 1. The van der Waals surface area contributed by atoms with Crippen molar-refractivity contribution < 1.29 is 4.79 Å². The Kier molecular flexibility index (Phi) is 6.63. The average Bonchev–Trinajstić information content (AvgIpc) is 3.51. The van der Waals surface area contributed by atoms with Gasteiger partial charge in [-0.2, -0.15) is 5.10 Å². The molecule has 0 radical (unpaired) electrons. The molecule has 6 heteroatoms. The molecule has 1 aromatic carbocycles. The Balaban J connectivity index is 1.24. The summed E-state index contributed by atoms with van der Waals surface area (Å²) in [5.74, 6) is 2.11. The van der Waals surface area contributed by atoms with Gasteiger partial charge in [-0.1, -0.05) is 38.0 Å². The van der Waals surface area contributed by atoms with Crippen LogP contribution in [0.25, 0.3) is 11.5 Å². The van der Waals surface area contributed by atoms with Gasteiger partial charge in [0.15, 0.2) is 0 Å². The maximum absolute atomic E-state index is 12.9. The molecule has 1 saturated carbocycles. The Morgan fingerprint density at radius 3 is 2.45 bits per heavy atom. The minimum absolute atomic E-state index is 0.145. The molecule has 1 aliphatic heterocycles. The lowest BCUT2D eigenvalue weighted by atomic mass is 9.85. The van der Waals surface area contributed by atoms with Gasteiger partial charge in [-0.05, 0) is 69.0 Å². The van der Waals surface area contributed by atoms with E-state index in [1.165, 1.54) is 24.8 Å². The van der Waals surface area contributed by atoms with Gasteiger partial charge in [0.25, 0.3) is 0 Å². The number of carbonyl (C=O) groups is 1. The molecule has 2 atom stereocenters. The van der Waals surface area contributed by atoms with Crippen LogP contribution in [0.3, 0.4) is 0 Å². The van der Waals surface area contributed by atoms with Crippen LogP contribution in [-0.2, 0) is 11.3 Å². The second kappa shape index (κ2) is 9.96. The number of piperidine rings is 1. The first kappa shape index (κ1) is 22.0. The zero-order chi connectivity index (χ0) is 22.6. The summed E-state index contributed by atoms with van der Waals surface area (Å²) in [6.07, 6.45) is 12.9. The Morgan fingerprint density at radius 2 is 1.73 bits per heavy atom. The van der Waals surface area contributed by atoms with E-state index >= 15 is 0 Å². The van der Waals surface area contributed by atoms with Crippen LogP contribution in [0.2, 0.25) is 0 Å². The molecule has 1 amide bonds. The lowest BCUT2D eigenvalue weighted by Gasteiger charge is -2.34. The van der Waals surface area contributed by atoms with Crippen molar-refractivity contribution in [2.75, 3.05) is 13.1 Å². The molecule has 0 bridgehead atoms. The van der Waals surface area contributed by atoms with E-state index in [1.807, 2.05) is 41.2 Å². The largest absolute Gasteiger partial charge is 0.353 e. The van der Waals surface area contributed by atoms with Gasteiger partial charge in [-0.15, -0.1) is 0 Å². The van der Waals surface area contributed by atoms with Crippen molar-refractivity contribution >= 4 is 5.91 Å². The van der Waals surface area contributed by atoms with Gasteiger partial charge in [-0.25, -0.2) is 4.68 Å². The molecule has 0 unspecified atom stereocenters. The number of rotatable bonds is 6. The smallest absolute Gasteiger partial charge is 0.223 e. The third kappa shape index (κ3) is 4.91. The summed E-state index contributed by atoms with van der Waals surface area (Å²) >= 11 is 0. The number of amides is 1. The zero-order valence-corrected chi connectivity index (χ0v) is 19.6. The van der Waals surface area contributed by atoms with Crippen LogP contribution >= 0.6 is 0 Å². The zero-order valence-electron chi connectivity index (χ0n) is 19.6. The maximum atomic E-state index is 12.9. The molecule has 3 heterocycles. The van der Waals surface area contributed by atoms with Gasteiger partial charge < -0.3 is 9.88 Å². The van der Waals surface area contributed by atoms with Crippen LogP contribution in [0.4, 0.5) is 0 Å². The monoisotopic (exact) mass is 445 g/mol. The predicted molar refractivity (Wildman–Crippen MR) is 130 cm³/mol. The van der Waals surface area contributed by atoms with E-state index in [4.69, 9.17) is 5.10 Å². The summed E-state index contributed by atoms with van der Waals surface area (Å²) in [6, 6.07) is 14.7. The molecule has 2 aliphatic rings. The highest BCUT2D eigenvalue weighted by atomic mass is 16.2. The number of likely N-dealkylation sites (tertiary alicyclic amines) is 1. The molecule has 2 fully saturated rings. The summed E-state index contributed by atoms with van der Waals surface area (Å²) < 4.78 is 4.15. The number of nitrogens with one attached hydrogen (secondary N) is 1. The van der Waals surface area contributed by atoms with Gasteiger partial charge in [0.05, 0.1) is 11.9 Å².